The second-order valence-electron chi connectivity index (χ2n) is 7.33. The normalized spacial score (nSPS) is 12.7. The van der Waals surface area contributed by atoms with Crippen molar-refractivity contribution in [3.8, 4) is 11.8 Å². The van der Waals surface area contributed by atoms with Gasteiger partial charge in [-0.15, -0.1) is 0 Å². The lowest BCUT2D eigenvalue weighted by molar-refractivity contribution is 0.145. The standard InChI is InChI=1S/C27H23NO/c1-28(2)26-16-14-24(15-17-26)27(29,19-18-21-8-4-3-5-9-21)25-13-12-22-10-6-7-11-23(22)20-25/h3-17,20,29H,1-2H3. The highest BCUT2D eigenvalue weighted by Gasteiger charge is 2.30. The smallest absolute Gasteiger partial charge is 0.177 e. The zero-order valence-electron chi connectivity index (χ0n) is 16.6. The molecule has 0 aromatic heterocycles. The highest BCUT2D eigenvalue weighted by molar-refractivity contribution is 5.83. The summed E-state index contributed by atoms with van der Waals surface area (Å²) in [6, 6.07) is 31.8. The van der Waals surface area contributed by atoms with Gasteiger partial charge in [-0.3, -0.25) is 0 Å². The summed E-state index contributed by atoms with van der Waals surface area (Å²) in [5, 5.41) is 14.0. The average molecular weight is 377 g/mol. The molecular formula is C27H23NO. The van der Waals surface area contributed by atoms with Gasteiger partial charge in [0.15, 0.2) is 5.60 Å². The molecule has 2 heteroatoms. The van der Waals surface area contributed by atoms with E-state index in [0.29, 0.717) is 0 Å². The van der Waals surface area contributed by atoms with E-state index in [4.69, 9.17) is 0 Å². The molecule has 4 rings (SSSR count). The summed E-state index contributed by atoms with van der Waals surface area (Å²) in [4.78, 5) is 2.04. The van der Waals surface area contributed by atoms with Gasteiger partial charge >= 0.3 is 0 Å². The highest BCUT2D eigenvalue weighted by Crippen LogP contribution is 2.32. The third-order valence-corrected chi connectivity index (χ3v) is 5.13. The molecule has 0 spiro atoms. The molecule has 1 N–H and O–H groups in total. The molecule has 1 atom stereocenters. The second kappa shape index (κ2) is 7.83. The lowest BCUT2D eigenvalue weighted by Gasteiger charge is -2.25. The van der Waals surface area contributed by atoms with Gasteiger partial charge in [0.2, 0.25) is 0 Å². The summed E-state index contributed by atoms with van der Waals surface area (Å²) >= 11 is 0. The third-order valence-electron chi connectivity index (χ3n) is 5.13. The van der Waals surface area contributed by atoms with Crippen molar-refractivity contribution in [2.24, 2.45) is 0 Å². The van der Waals surface area contributed by atoms with Gasteiger partial charge in [-0.05, 0) is 41.1 Å². The molecule has 142 valence electrons. The molecule has 0 amide bonds. The van der Waals surface area contributed by atoms with Crippen LogP contribution < -0.4 is 4.90 Å². The Labute approximate surface area is 172 Å². The van der Waals surface area contributed by atoms with Crippen LogP contribution in [0.2, 0.25) is 0 Å². The Balaban J connectivity index is 1.86. The number of aliphatic hydroxyl groups is 1. The van der Waals surface area contributed by atoms with E-state index in [0.717, 1.165) is 33.2 Å². The Bertz CT molecular complexity index is 1180. The minimum atomic E-state index is -1.41. The van der Waals surface area contributed by atoms with E-state index in [-0.39, 0.29) is 0 Å². The molecule has 0 radical (unpaired) electrons. The van der Waals surface area contributed by atoms with Crippen LogP contribution in [0.1, 0.15) is 16.7 Å². The van der Waals surface area contributed by atoms with Crippen LogP contribution in [0.15, 0.2) is 97.1 Å². The van der Waals surface area contributed by atoms with Crippen molar-refractivity contribution >= 4 is 16.5 Å². The minimum absolute atomic E-state index is 0.752. The fourth-order valence-electron chi connectivity index (χ4n) is 3.41. The minimum Gasteiger partial charge on any atom is -0.378 e. The lowest BCUT2D eigenvalue weighted by Crippen LogP contribution is -2.25. The molecule has 0 heterocycles. The van der Waals surface area contributed by atoms with Gasteiger partial charge in [-0.2, -0.15) is 0 Å². The number of benzene rings is 4. The molecular weight excluding hydrogens is 354 g/mol. The molecule has 1 unspecified atom stereocenters. The van der Waals surface area contributed by atoms with Crippen molar-refractivity contribution in [3.05, 3.63) is 114 Å². The van der Waals surface area contributed by atoms with Crippen LogP contribution in [0.4, 0.5) is 5.69 Å². The number of hydrogen-bond acceptors (Lipinski definition) is 2. The lowest BCUT2D eigenvalue weighted by atomic mass is 9.85. The van der Waals surface area contributed by atoms with Gasteiger partial charge in [0.25, 0.3) is 0 Å². The molecule has 4 aromatic carbocycles. The fraction of sp³-hybridized carbons (Fsp3) is 0.111. The van der Waals surface area contributed by atoms with Crippen molar-refractivity contribution < 1.29 is 5.11 Å². The van der Waals surface area contributed by atoms with Crippen LogP contribution in [0.3, 0.4) is 0 Å². The monoisotopic (exact) mass is 377 g/mol. The highest BCUT2D eigenvalue weighted by atomic mass is 16.3. The van der Waals surface area contributed by atoms with Gasteiger partial charge in [-0.1, -0.05) is 78.6 Å². The Morgan fingerprint density at radius 3 is 2.00 bits per heavy atom. The summed E-state index contributed by atoms with van der Waals surface area (Å²) < 4.78 is 0. The summed E-state index contributed by atoms with van der Waals surface area (Å²) in [5.74, 6) is 6.31. The van der Waals surface area contributed by atoms with E-state index in [1.807, 2.05) is 104 Å². The maximum atomic E-state index is 11.8. The first-order chi connectivity index (χ1) is 14.1. The maximum Gasteiger partial charge on any atom is 0.177 e. The van der Waals surface area contributed by atoms with Crippen LogP contribution in [0, 0.1) is 11.8 Å². The Kier molecular flexibility index (Phi) is 5.08. The predicted molar refractivity (Wildman–Crippen MR) is 121 cm³/mol. The predicted octanol–water partition coefficient (Wildman–Crippen LogP) is 5.19. The topological polar surface area (TPSA) is 23.5 Å². The van der Waals surface area contributed by atoms with Crippen molar-refractivity contribution in [1.82, 2.24) is 0 Å². The van der Waals surface area contributed by atoms with Crippen LogP contribution in [0.5, 0.6) is 0 Å². The van der Waals surface area contributed by atoms with Crippen molar-refractivity contribution in [3.63, 3.8) is 0 Å². The van der Waals surface area contributed by atoms with E-state index < -0.39 is 5.60 Å². The molecule has 4 aromatic rings. The molecule has 0 aliphatic carbocycles. The molecule has 0 saturated heterocycles. The van der Waals surface area contributed by atoms with Gasteiger partial charge in [-0.25, -0.2) is 0 Å². The summed E-state index contributed by atoms with van der Waals surface area (Å²) in [6.45, 7) is 0. The van der Waals surface area contributed by atoms with Crippen molar-refractivity contribution in [1.29, 1.82) is 0 Å². The average Bonchev–Trinajstić information content (AvgIpc) is 2.78. The number of nitrogens with zero attached hydrogens (tertiary/aromatic N) is 1. The second-order valence-corrected chi connectivity index (χ2v) is 7.33. The van der Waals surface area contributed by atoms with Crippen LogP contribution in [-0.2, 0) is 5.60 Å². The van der Waals surface area contributed by atoms with E-state index >= 15 is 0 Å². The molecule has 29 heavy (non-hydrogen) atoms. The largest absolute Gasteiger partial charge is 0.378 e. The van der Waals surface area contributed by atoms with Crippen LogP contribution in [-0.4, -0.2) is 19.2 Å². The number of rotatable bonds is 3. The first kappa shape index (κ1) is 18.8. The first-order valence-corrected chi connectivity index (χ1v) is 9.64. The van der Waals surface area contributed by atoms with E-state index in [9.17, 15) is 5.11 Å². The quantitative estimate of drug-likeness (QED) is 0.497. The molecule has 0 aliphatic heterocycles. The fourth-order valence-corrected chi connectivity index (χ4v) is 3.41. The van der Waals surface area contributed by atoms with Crippen LogP contribution >= 0.6 is 0 Å². The summed E-state index contributed by atoms with van der Waals surface area (Å²) in [7, 11) is 4.00. The third kappa shape index (κ3) is 3.87. The molecule has 0 fully saturated rings. The van der Waals surface area contributed by atoms with Crippen molar-refractivity contribution in [2.75, 3.05) is 19.0 Å². The zero-order valence-corrected chi connectivity index (χ0v) is 16.6. The summed E-state index contributed by atoms with van der Waals surface area (Å²) in [6.07, 6.45) is 0. The van der Waals surface area contributed by atoms with Gasteiger partial charge in [0, 0.05) is 36.5 Å². The number of fused-ring (bicyclic) bond motifs is 1. The van der Waals surface area contributed by atoms with E-state index in [2.05, 4.69) is 24.0 Å². The first-order valence-electron chi connectivity index (χ1n) is 9.64. The number of anilines is 1. The van der Waals surface area contributed by atoms with E-state index in [1.165, 1.54) is 0 Å². The summed E-state index contributed by atoms with van der Waals surface area (Å²) in [5.41, 5.74) is 2.05. The van der Waals surface area contributed by atoms with Crippen molar-refractivity contribution in [2.45, 2.75) is 5.60 Å². The Hall–Kier alpha value is -3.54. The maximum absolute atomic E-state index is 11.8. The molecule has 0 aliphatic rings. The molecule has 2 nitrogen and oxygen atoms in total. The Morgan fingerprint density at radius 1 is 0.690 bits per heavy atom. The van der Waals surface area contributed by atoms with Crippen LogP contribution in [0.25, 0.3) is 10.8 Å². The van der Waals surface area contributed by atoms with E-state index in [1.54, 1.807) is 0 Å². The molecule has 0 bridgehead atoms. The van der Waals surface area contributed by atoms with Gasteiger partial charge in [0.1, 0.15) is 0 Å². The van der Waals surface area contributed by atoms with Gasteiger partial charge < -0.3 is 10.0 Å². The SMILES string of the molecule is CN(C)c1ccc(C(O)(C#Cc2ccccc2)c2ccc3ccccc3c2)cc1. The number of hydrogen-bond donors (Lipinski definition) is 1. The Morgan fingerprint density at radius 2 is 1.31 bits per heavy atom. The molecule has 0 saturated carbocycles. The zero-order chi connectivity index (χ0) is 20.3. The van der Waals surface area contributed by atoms with Gasteiger partial charge in [0.05, 0.1) is 0 Å².